The maximum Gasteiger partial charge on any atom is 0.338 e. The van der Waals surface area contributed by atoms with Crippen LogP contribution in [0.4, 0.5) is 0 Å². The van der Waals surface area contributed by atoms with Crippen LogP contribution in [-0.4, -0.2) is 36.4 Å². The van der Waals surface area contributed by atoms with E-state index in [2.05, 4.69) is 20.8 Å². The molecule has 0 aliphatic carbocycles. The summed E-state index contributed by atoms with van der Waals surface area (Å²) < 4.78 is 9.81. The normalized spacial score (nSPS) is 12.6. The number of carbonyl (C=O) groups excluding carboxylic acids is 2. The second kappa shape index (κ2) is 7.22. The number of aliphatic hydroxyl groups excluding tert-OH is 1. The fourth-order valence-electron chi connectivity index (χ4n) is 1.72. The molecule has 1 atom stereocenters. The fraction of sp³-hybridized carbons (Fsp3) is 0.500. The maximum absolute atomic E-state index is 11.9. The summed E-state index contributed by atoms with van der Waals surface area (Å²) >= 11 is 0. The molecule has 0 saturated carbocycles. The number of rotatable bonds is 5. The standard InChI is InChI=1S/C16H22O5/c1-11(18)21-14(9-17)10-20-15(19)12-5-7-13(8-6-12)16(2,3)4/h5-8,14,17H,9-10H2,1-4H3. The molecule has 1 aromatic rings. The second-order valence-electron chi connectivity index (χ2n) is 5.84. The van der Waals surface area contributed by atoms with Crippen molar-refractivity contribution in [2.75, 3.05) is 13.2 Å². The highest BCUT2D eigenvalue weighted by Crippen LogP contribution is 2.22. The van der Waals surface area contributed by atoms with Gasteiger partial charge in [-0.05, 0) is 23.1 Å². The molecule has 0 radical (unpaired) electrons. The van der Waals surface area contributed by atoms with Crippen LogP contribution >= 0.6 is 0 Å². The van der Waals surface area contributed by atoms with E-state index in [0.29, 0.717) is 5.56 Å². The second-order valence-corrected chi connectivity index (χ2v) is 5.84. The molecular weight excluding hydrogens is 272 g/mol. The monoisotopic (exact) mass is 294 g/mol. The highest BCUT2D eigenvalue weighted by molar-refractivity contribution is 5.89. The summed E-state index contributed by atoms with van der Waals surface area (Å²) in [5.74, 6) is -1.04. The minimum Gasteiger partial charge on any atom is -0.458 e. The van der Waals surface area contributed by atoms with Crippen LogP contribution in [0.2, 0.25) is 0 Å². The van der Waals surface area contributed by atoms with Gasteiger partial charge in [-0.2, -0.15) is 0 Å². The zero-order valence-corrected chi connectivity index (χ0v) is 12.9. The number of ether oxygens (including phenoxy) is 2. The Labute approximate surface area is 124 Å². The fourth-order valence-corrected chi connectivity index (χ4v) is 1.72. The number of esters is 2. The van der Waals surface area contributed by atoms with Crippen molar-refractivity contribution in [3.05, 3.63) is 35.4 Å². The Hall–Kier alpha value is -1.88. The lowest BCUT2D eigenvalue weighted by Gasteiger charge is -2.19. The molecule has 0 aliphatic rings. The third kappa shape index (κ3) is 5.55. The Kier molecular flexibility index (Phi) is 5.90. The van der Waals surface area contributed by atoms with Crippen LogP contribution in [0.15, 0.2) is 24.3 Å². The van der Waals surface area contributed by atoms with Gasteiger partial charge in [-0.15, -0.1) is 0 Å². The Morgan fingerprint density at radius 1 is 1.19 bits per heavy atom. The average molecular weight is 294 g/mol. The van der Waals surface area contributed by atoms with Gasteiger partial charge in [0.15, 0.2) is 6.10 Å². The van der Waals surface area contributed by atoms with E-state index in [-0.39, 0.29) is 12.0 Å². The molecule has 1 unspecified atom stereocenters. The predicted octanol–water partition coefficient (Wildman–Crippen LogP) is 2.06. The van der Waals surface area contributed by atoms with Crippen molar-refractivity contribution < 1.29 is 24.2 Å². The molecule has 116 valence electrons. The molecule has 0 heterocycles. The lowest BCUT2D eigenvalue weighted by molar-refractivity contribution is -0.150. The highest BCUT2D eigenvalue weighted by atomic mass is 16.6. The quantitative estimate of drug-likeness (QED) is 0.842. The summed E-state index contributed by atoms with van der Waals surface area (Å²) in [7, 11) is 0. The number of benzene rings is 1. The van der Waals surface area contributed by atoms with E-state index in [1.54, 1.807) is 12.1 Å². The molecule has 0 fully saturated rings. The summed E-state index contributed by atoms with van der Waals surface area (Å²) in [6.07, 6.45) is -0.833. The van der Waals surface area contributed by atoms with Gasteiger partial charge in [0.25, 0.3) is 0 Å². The molecule has 1 N–H and O–H groups in total. The first-order valence-electron chi connectivity index (χ1n) is 6.79. The molecule has 1 aromatic carbocycles. The van der Waals surface area contributed by atoms with Gasteiger partial charge in [0.1, 0.15) is 6.61 Å². The van der Waals surface area contributed by atoms with Gasteiger partial charge >= 0.3 is 11.9 Å². The summed E-state index contributed by atoms with van der Waals surface area (Å²) in [6, 6.07) is 7.16. The number of hydrogen-bond acceptors (Lipinski definition) is 5. The first-order chi connectivity index (χ1) is 9.74. The van der Waals surface area contributed by atoms with Crippen LogP contribution in [0.3, 0.4) is 0 Å². The van der Waals surface area contributed by atoms with Gasteiger partial charge in [0, 0.05) is 6.92 Å². The third-order valence-corrected chi connectivity index (χ3v) is 2.92. The SMILES string of the molecule is CC(=O)OC(CO)COC(=O)c1ccc(C(C)(C)C)cc1. The molecule has 21 heavy (non-hydrogen) atoms. The van der Waals surface area contributed by atoms with Gasteiger partial charge in [-0.25, -0.2) is 4.79 Å². The number of carbonyl (C=O) groups is 2. The lowest BCUT2D eigenvalue weighted by Crippen LogP contribution is -2.27. The number of hydrogen-bond donors (Lipinski definition) is 1. The van der Waals surface area contributed by atoms with E-state index < -0.39 is 24.6 Å². The summed E-state index contributed by atoms with van der Waals surface area (Å²) in [5.41, 5.74) is 1.55. The molecule has 0 aliphatic heterocycles. The third-order valence-electron chi connectivity index (χ3n) is 2.92. The molecule has 1 rings (SSSR count). The van der Waals surface area contributed by atoms with Crippen molar-refractivity contribution >= 4 is 11.9 Å². The first kappa shape index (κ1) is 17.2. The van der Waals surface area contributed by atoms with Crippen molar-refractivity contribution in [3.8, 4) is 0 Å². The van der Waals surface area contributed by atoms with Crippen LogP contribution in [0.1, 0.15) is 43.6 Å². The van der Waals surface area contributed by atoms with Crippen molar-refractivity contribution in [1.82, 2.24) is 0 Å². The predicted molar refractivity (Wildman–Crippen MR) is 78.1 cm³/mol. The van der Waals surface area contributed by atoms with Crippen LogP contribution in [0.5, 0.6) is 0 Å². The van der Waals surface area contributed by atoms with Gasteiger partial charge < -0.3 is 14.6 Å². The van der Waals surface area contributed by atoms with E-state index in [9.17, 15) is 9.59 Å². The molecule has 0 bridgehead atoms. The largest absolute Gasteiger partial charge is 0.458 e. The topological polar surface area (TPSA) is 72.8 Å². The molecule has 0 saturated heterocycles. The molecule has 0 spiro atoms. The van der Waals surface area contributed by atoms with E-state index in [1.807, 2.05) is 12.1 Å². The lowest BCUT2D eigenvalue weighted by atomic mass is 9.87. The molecule has 0 amide bonds. The highest BCUT2D eigenvalue weighted by Gasteiger charge is 2.17. The van der Waals surface area contributed by atoms with Crippen LogP contribution in [-0.2, 0) is 19.7 Å². The van der Waals surface area contributed by atoms with E-state index in [1.165, 1.54) is 6.92 Å². The minimum absolute atomic E-state index is 0.0136. The zero-order chi connectivity index (χ0) is 16.0. The Balaban J connectivity index is 2.61. The molecule has 5 heteroatoms. The van der Waals surface area contributed by atoms with Gasteiger partial charge in [0.05, 0.1) is 12.2 Å². The molecular formula is C16H22O5. The van der Waals surface area contributed by atoms with Gasteiger partial charge in [0.2, 0.25) is 0 Å². The van der Waals surface area contributed by atoms with Crippen molar-refractivity contribution in [2.24, 2.45) is 0 Å². The van der Waals surface area contributed by atoms with Crippen molar-refractivity contribution in [3.63, 3.8) is 0 Å². The zero-order valence-electron chi connectivity index (χ0n) is 12.9. The van der Waals surface area contributed by atoms with E-state index in [4.69, 9.17) is 14.6 Å². The average Bonchev–Trinajstić information content (AvgIpc) is 2.41. The van der Waals surface area contributed by atoms with E-state index in [0.717, 1.165) is 5.56 Å². The number of aliphatic hydroxyl groups is 1. The van der Waals surface area contributed by atoms with Gasteiger partial charge in [-0.1, -0.05) is 32.9 Å². The molecule has 0 aromatic heterocycles. The smallest absolute Gasteiger partial charge is 0.338 e. The van der Waals surface area contributed by atoms with Crippen LogP contribution < -0.4 is 0 Å². The Morgan fingerprint density at radius 3 is 2.19 bits per heavy atom. The van der Waals surface area contributed by atoms with Gasteiger partial charge in [-0.3, -0.25) is 4.79 Å². The minimum atomic E-state index is -0.833. The summed E-state index contributed by atoms with van der Waals surface area (Å²) in [4.78, 5) is 22.7. The van der Waals surface area contributed by atoms with Crippen molar-refractivity contribution in [2.45, 2.75) is 39.2 Å². The van der Waals surface area contributed by atoms with Crippen LogP contribution in [0.25, 0.3) is 0 Å². The van der Waals surface area contributed by atoms with E-state index >= 15 is 0 Å². The summed E-state index contributed by atoms with van der Waals surface area (Å²) in [5, 5.41) is 9.02. The first-order valence-corrected chi connectivity index (χ1v) is 6.79. The molecule has 5 nitrogen and oxygen atoms in total. The van der Waals surface area contributed by atoms with Crippen molar-refractivity contribution in [1.29, 1.82) is 0 Å². The van der Waals surface area contributed by atoms with Crippen LogP contribution in [0, 0.1) is 0 Å². The Bertz CT molecular complexity index is 484. The summed E-state index contributed by atoms with van der Waals surface area (Å²) in [6.45, 7) is 6.93. The maximum atomic E-state index is 11.9. The Morgan fingerprint density at radius 2 is 1.76 bits per heavy atom.